The standard InChI is InChI=1S/C23H24N2O5S2/c26-31(27,24-23(19-7-3-1-4-8-19)20-9-5-2-6-10-20)21-11-13-22(14-12-21)32(28,29)25-15-17-30-18-16-25/h1-14,23-24H,15-18H2. The van der Waals surface area contributed by atoms with Gasteiger partial charge < -0.3 is 4.74 Å². The van der Waals surface area contributed by atoms with E-state index in [0.717, 1.165) is 11.1 Å². The molecule has 32 heavy (non-hydrogen) atoms. The van der Waals surface area contributed by atoms with Gasteiger partial charge in [-0.1, -0.05) is 60.7 Å². The van der Waals surface area contributed by atoms with Crippen LogP contribution in [-0.4, -0.2) is 47.4 Å². The van der Waals surface area contributed by atoms with Crippen molar-refractivity contribution in [2.75, 3.05) is 26.3 Å². The Labute approximate surface area is 188 Å². The van der Waals surface area contributed by atoms with E-state index in [4.69, 9.17) is 4.74 Å². The number of ether oxygens (including phenoxy) is 1. The first-order valence-corrected chi connectivity index (χ1v) is 13.1. The molecule has 3 aromatic rings. The van der Waals surface area contributed by atoms with Gasteiger partial charge >= 0.3 is 0 Å². The summed E-state index contributed by atoms with van der Waals surface area (Å²) in [6, 6.07) is 23.3. The minimum atomic E-state index is -3.92. The van der Waals surface area contributed by atoms with Crippen LogP contribution in [0, 0.1) is 0 Å². The number of hydrogen-bond acceptors (Lipinski definition) is 5. The topological polar surface area (TPSA) is 92.8 Å². The number of hydrogen-bond donors (Lipinski definition) is 1. The maximum atomic E-state index is 13.2. The van der Waals surface area contributed by atoms with Crippen LogP contribution in [0.15, 0.2) is 94.7 Å². The number of morpholine rings is 1. The summed E-state index contributed by atoms with van der Waals surface area (Å²) in [6.45, 7) is 1.24. The molecule has 9 heteroatoms. The Kier molecular flexibility index (Phi) is 6.73. The smallest absolute Gasteiger partial charge is 0.243 e. The lowest BCUT2D eigenvalue weighted by molar-refractivity contribution is 0.0730. The molecular formula is C23H24N2O5S2. The monoisotopic (exact) mass is 472 g/mol. The highest BCUT2D eigenvalue weighted by molar-refractivity contribution is 7.89. The number of nitrogens with zero attached hydrogens (tertiary/aromatic N) is 1. The van der Waals surface area contributed by atoms with Crippen molar-refractivity contribution in [3.05, 3.63) is 96.1 Å². The fourth-order valence-electron chi connectivity index (χ4n) is 3.57. The molecule has 0 aromatic heterocycles. The van der Waals surface area contributed by atoms with Gasteiger partial charge in [-0.2, -0.15) is 9.03 Å². The third kappa shape index (κ3) is 4.92. The second-order valence-corrected chi connectivity index (χ2v) is 11.0. The minimum absolute atomic E-state index is 0.00436. The van der Waals surface area contributed by atoms with E-state index in [1.165, 1.54) is 28.6 Å². The lowest BCUT2D eigenvalue weighted by atomic mass is 10.00. The van der Waals surface area contributed by atoms with Crippen molar-refractivity contribution in [3.8, 4) is 0 Å². The minimum Gasteiger partial charge on any atom is -0.379 e. The quantitative estimate of drug-likeness (QED) is 0.571. The Morgan fingerprint density at radius 1 is 0.688 bits per heavy atom. The van der Waals surface area contributed by atoms with E-state index in [0.29, 0.717) is 13.2 Å². The van der Waals surface area contributed by atoms with Gasteiger partial charge in [-0.25, -0.2) is 16.8 Å². The highest BCUT2D eigenvalue weighted by atomic mass is 32.2. The van der Waals surface area contributed by atoms with Gasteiger partial charge in [0.15, 0.2) is 0 Å². The van der Waals surface area contributed by atoms with Crippen molar-refractivity contribution in [2.24, 2.45) is 0 Å². The van der Waals surface area contributed by atoms with Crippen LogP contribution < -0.4 is 4.72 Å². The Bertz CT molecular complexity index is 1200. The predicted molar refractivity (Wildman–Crippen MR) is 121 cm³/mol. The van der Waals surface area contributed by atoms with Crippen LogP contribution in [0.3, 0.4) is 0 Å². The largest absolute Gasteiger partial charge is 0.379 e. The molecule has 0 amide bonds. The van der Waals surface area contributed by atoms with E-state index in [1.54, 1.807) is 0 Å². The molecule has 3 aromatic carbocycles. The molecule has 1 saturated heterocycles. The van der Waals surface area contributed by atoms with Crippen molar-refractivity contribution < 1.29 is 21.6 Å². The Balaban J connectivity index is 1.61. The molecular weight excluding hydrogens is 448 g/mol. The summed E-state index contributed by atoms with van der Waals surface area (Å²) < 4.78 is 61.2. The van der Waals surface area contributed by atoms with Gasteiger partial charge in [-0.05, 0) is 35.4 Å². The van der Waals surface area contributed by atoms with E-state index in [1.807, 2.05) is 60.7 Å². The number of rotatable bonds is 7. The lowest BCUT2D eigenvalue weighted by Gasteiger charge is -2.26. The van der Waals surface area contributed by atoms with Crippen LogP contribution in [0.1, 0.15) is 17.2 Å². The van der Waals surface area contributed by atoms with E-state index in [2.05, 4.69) is 4.72 Å². The van der Waals surface area contributed by atoms with E-state index < -0.39 is 26.1 Å². The molecule has 0 radical (unpaired) electrons. The molecule has 0 unspecified atom stereocenters. The maximum Gasteiger partial charge on any atom is 0.243 e. The predicted octanol–water partition coefficient (Wildman–Crippen LogP) is 2.78. The van der Waals surface area contributed by atoms with Crippen molar-refractivity contribution in [3.63, 3.8) is 0 Å². The first-order valence-electron chi connectivity index (χ1n) is 10.2. The Morgan fingerprint density at radius 2 is 1.16 bits per heavy atom. The summed E-state index contributed by atoms with van der Waals surface area (Å²) >= 11 is 0. The molecule has 0 bridgehead atoms. The van der Waals surface area contributed by atoms with Gasteiger partial charge in [-0.3, -0.25) is 0 Å². The first kappa shape index (κ1) is 22.6. The SMILES string of the molecule is O=S(=O)(NC(c1ccccc1)c1ccccc1)c1ccc(S(=O)(=O)N2CCOCC2)cc1. The van der Waals surface area contributed by atoms with Crippen molar-refractivity contribution in [1.29, 1.82) is 0 Å². The lowest BCUT2D eigenvalue weighted by Crippen LogP contribution is -2.40. The number of nitrogens with one attached hydrogen (secondary N) is 1. The van der Waals surface area contributed by atoms with E-state index in [-0.39, 0.29) is 22.9 Å². The third-order valence-electron chi connectivity index (χ3n) is 5.28. The van der Waals surface area contributed by atoms with Gasteiger partial charge in [0.05, 0.1) is 29.0 Å². The summed E-state index contributed by atoms with van der Waals surface area (Å²) in [4.78, 5) is 0.0521. The zero-order valence-corrected chi connectivity index (χ0v) is 18.9. The zero-order chi connectivity index (χ0) is 22.6. The zero-order valence-electron chi connectivity index (χ0n) is 17.3. The van der Waals surface area contributed by atoms with Crippen LogP contribution in [-0.2, 0) is 24.8 Å². The van der Waals surface area contributed by atoms with Gasteiger partial charge in [0.25, 0.3) is 0 Å². The second kappa shape index (κ2) is 9.51. The molecule has 0 spiro atoms. The van der Waals surface area contributed by atoms with Crippen LogP contribution in [0.25, 0.3) is 0 Å². The van der Waals surface area contributed by atoms with Gasteiger partial charge in [0.1, 0.15) is 0 Å². The average Bonchev–Trinajstić information content (AvgIpc) is 2.84. The van der Waals surface area contributed by atoms with Crippen LogP contribution in [0.5, 0.6) is 0 Å². The highest BCUT2D eigenvalue weighted by Gasteiger charge is 2.28. The van der Waals surface area contributed by atoms with Crippen molar-refractivity contribution in [2.45, 2.75) is 15.8 Å². The molecule has 1 aliphatic heterocycles. The van der Waals surface area contributed by atoms with Gasteiger partial charge in [0, 0.05) is 13.1 Å². The molecule has 168 valence electrons. The molecule has 0 atom stereocenters. The van der Waals surface area contributed by atoms with E-state index >= 15 is 0 Å². The van der Waals surface area contributed by atoms with Crippen LogP contribution >= 0.6 is 0 Å². The second-order valence-electron chi connectivity index (χ2n) is 7.36. The van der Waals surface area contributed by atoms with Crippen LogP contribution in [0.2, 0.25) is 0 Å². The normalized spacial score (nSPS) is 15.7. The fraction of sp³-hybridized carbons (Fsp3) is 0.217. The highest BCUT2D eigenvalue weighted by Crippen LogP contribution is 2.25. The summed E-state index contributed by atoms with van der Waals surface area (Å²) in [6.07, 6.45) is 0. The molecule has 1 heterocycles. The molecule has 0 aliphatic carbocycles. The van der Waals surface area contributed by atoms with Gasteiger partial charge in [-0.15, -0.1) is 0 Å². The van der Waals surface area contributed by atoms with Crippen molar-refractivity contribution in [1.82, 2.24) is 9.03 Å². The molecule has 7 nitrogen and oxygen atoms in total. The van der Waals surface area contributed by atoms with E-state index in [9.17, 15) is 16.8 Å². The summed E-state index contributed by atoms with van der Waals surface area (Å²) in [5.74, 6) is 0. The van der Waals surface area contributed by atoms with Crippen molar-refractivity contribution >= 4 is 20.0 Å². The molecule has 1 fully saturated rings. The summed E-state index contributed by atoms with van der Waals surface area (Å²) in [7, 11) is -7.62. The fourth-order valence-corrected chi connectivity index (χ4v) is 6.19. The summed E-state index contributed by atoms with van der Waals surface area (Å²) in [5.41, 5.74) is 1.60. The Morgan fingerprint density at radius 3 is 1.66 bits per heavy atom. The average molecular weight is 473 g/mol. The van der Waals surface area contributed by atoms with Crippen LogP contribution in [0.4, 0.5) is 0 Å². The third-order valence-corrected chi connectivity index (χ3v) is 8.63. The Hall–Kier alpha value is -2.56. The molecule has 1 aliphatic rings. The summed E-state index contributed by atoms with van der Waals surface area (Å²) in [5, 5.41) is 0. The number of benzene rings is 3. The maximum absolute atomic E-state index is 13.2. The molecule has 0 saturated carbocycles. The molecule has 4 rings (SSSR count). The van der Waals surface area contributed by atoms with Gasteiger partial charge in [0.2, 0.25) is 20.0 Å². The molecule has 1 N–H and O–H groups in total. The number of sulfonamides is 2. The first-order chi connectivity index (χ1) is 15.4.